The molecule has 2 aromatic rings. The average molecular weight is 345 g/mol. The highest BCUT2D eigenvalue weighted by atomic mass is 35.5. The van der Waals surface area contributed by atoms with Crippen molar-refractivity contribution in [2.75, 3.05) is 19.7 Å². The quantitative estimate of drug-likeness (QED) is 0.926. The molecule has 1 heterocycles. The zero-order valence-electron chi connectivity index (χ0n) is 12.9. The number of carbonyl (C=O) groups excluding carboxylic acids is 2. The van der Waals surface area contributed by atoms with Crippen molar-refractivity contribution in [3.63, 3.8) is 0 Å². The number of halogens is 1. The van der Waals surface area contributed by atoms with E-state index >= 15 is 0 Å². The Balaban J connectivity index is 1.74. The second-order valence-corrected chi connectivity index (χ2v) is 5.87. The largest absolute Gasteiger partial charge is 0.484 e. The van der Waals surface area contributed by atoms with E-state index in [1.54, 1.807) is 41.3 Å². The molecule has 0 aliphatic carbocycles. The smallest absolute Gasteiger partial charge is 0.261 e. The lowest BCUT2D eigenvalue weighted by molar-refractivity contribution is -0.145. The normalized spacial score (nSPS) is 17.3. The molecule has 1 saturated heterocycles. The van der Waals surface area contributed by atoms with E-state index < -0.39 is 6.04 Å². The molecule has 1 fully saturated rings. The summed E-state index contributed by atoms with van der Waals surface area (Å²) in [5.41, 5.74) is 0.727. The minimum Gasteiger partial charge on any atom is -0.484 e. The third kappa shape index (κ3) is 3.68. The van der Waals surface area contributed by atoms with E-state index in [2.05, 4.69) is 5.32 Å². The first-order valence-electron chi connectivity index (χ1n) is 7.65. The molecular weight excluding hydrogens is 328 g/mol. The lowest BCUT2D eigenvalue weighted by Gasteiger charge is -2.35. The molecule has 1 aliphatic heterocycles. The monoisotopic (exact) mass is 344 g/mol. The van der Waals surface area contributed by atoms with Crippen molar-refractivity contribution in [1.29, 1.82) is 0 Å². The number of hydrogen-bond acceptors (Lipinski definition) is 3. The van der Waals surface area contributed by atoms with Gasteiger partial charge in [-0.25, -0.2) is 0 Å². The van der Waals surface area contributed by atoms with E-state index in [0.717, 1.165) is 5.56 Å². The summed E-state index contributed by atoms with van der Waals surface area (Å²) < 4.78 is 5.52. The van der Waals surface area contributed by atoms with Crippen molar-refractivity contribution in [2.24, 2.45) is 0 Å². The van der Waals surface area contributed by atoms with Gasteiger partial charge in [0.05, 0.1) is 0 Å². The summed E-state index contributed by atoms with van der Waals surface area (Å²) >= 11 is 5.90. The van der Waals surface area contributed by atoms with Gasteiger partial charge in [-0.1, -0.05) is 41.9 Å². The summed E-state index contributed by atoms with van der Waals surface area (Å²) in [6.07, 6.45) is 0. The standard InChI is InChI=1S/C18H17ClN2O3/c19-14-8-6-13(7-9-14)17-18(23)20-10-11-21(17)16(22)12-24-15-4-2-1-3-5-15/h1-9,17H,10-12H2,(H,20,23). The van der Waals surface area contributed by atoms with Gasteiger partial charge in [0.2, 0.25) is 5.91 Å². The Bertz CT molecular complexity index is 719. The van der Waals surface area contributed by atoms with Gasteiger partial charge >= 0.3 is 0 Å². The predicted molar refractivity (Wildman–Crippen MR) is 90.9 cm³/mol. The second kappa shape index (κ2) is 7.36. The number of carbonyl (C=O) groups is 2. The summed E-state index contributed by atoms with van der Waals surface area (Å²) in [5.74, 6) is 0.195. The number of nitrogens with zero attached hydrogens (tertiary/aromatic N) is 1. The van der Waals surface area contributed by atoms with Crippen LogP contribution in [0.3, 0.4) is 0 Å². The predicted octanol–water partition coefficient (Wildman–Crippen LogP) is 2.42. The fourth-order valence-electron chi connectivity index (χ4n) is 2.66. The maximum atomic E-state index is 12.6. The molecular formula is C18H17ClN2O3. The molecule has 2 aromatic carbocycles. The fourth-order valence-corrected chi connectivity index (χ4v) is 2.78. The van der Waals surface area contributed by atoms with Crippen molar-refractivity contribution in [2.45, 2.75) is 6.04 Å². The molecule has 0 aromatic heterocycles. The van der Waals surface area contributed by atoms with Crippen LogP contribution in [0, 0.1) is 0 Å². The summed E-state index contributed by atoms with van der Waals surface area (Å²) in [5, 5.41) is 3.38. The molecule has 124 valence electrons. The van der Waals surface area contributed by atoms with Crippen LogP contribution in [0.15, 0.2) is 54.6 Å². The van der Waals surface area contributed by atoms with Crippen molar-refractivity contribution in [3.8, 4) is 5.75 Å². The Hall–Kier alpha value is -2.53. The summed E-state index contributed by atoms with van der Waals surface area (Å²) in [6.45, 7) is 0.761. The van der Waals surface area contributed by atoms with Gasteiger partial charge in [0.25, 0.3) is 5.91 Å². The average Bonchev–Trinajstić information content (AvgIpc) is 2.61. The highest BCUT2D eigenvalue weighted by Gasteiger charge is 2.34. The fraction of sp³-hybridized carbons (Fsp3) is 0.222. The molecule has 3 rings (SSSR count). The lowest BCUT2D eigenvalue weighted by atomic mass is 10.0. The third-order valence-electron chi connectivity index (χ3n) is 3.82. The van der Waals surface area contributed by atoms with Crippen LogP contribution in [0.5, 0.6) is 5.75 Å². The Labute approximate surface area is 145 Å². The Morgan fingerprint density at radius 3 is 2.58 bits per heavy atom. The van der Waals surface area contributed by atoms with Crippen LogP contribution in [0.4, 0.5) is 0 Å². The number of hydrogen-bond donors (Lipinski definition) is 1. The summed E-state index contributed by atoms with van der Waals surface area (Å²) in [4.78, 5) is 26.4. The van der Waals surface area contributed by atoms with Crippen molar-refractivity contribution in [1.82, 2.24) is 10.2 Å². The SMILES string of the molecule is O=C1NCCN(C(=O)COc2ccccc2)C1c1ccc(Cl)cc1. The number of ether oxygens (including phenoxy) is 1. The summed E-state index contributed by atoms with van der Waals surface area (Å²) in [7, 11) is 0. The van der Waals surface area contributed by atoms with Gasteiger partial charge in [-0.3, -0.25) is 9.59 Å². The number of nitrogens with one attached hydrogen (secondary N) is 1. The van der Waals surface area contributed by atoms with Crippen LogP contribution in [0.1, 0.15) is 11.6 Å². The van der Waals surface area contributed by atoms with Crippen LogP contribution in [0.2, 0.25) is 5.02 Å². The molecule has 0 saturated carbocycles. The van der Waals surface area contributed by atoms with Crippen LogP contribution < -0.4 is 10.1 Å². The first kappa shape index (κ1) is 16.3. The van der Waals surface area contributed by atoms with E-state index in [4.69, 9.17) is 16.3 Å². The summed E-state index contributed by atoms with van der Waals surface area (Å²) in [6, 6.07) is 15.4. The number of amides is 2. The van der Waals surface area contributed by atoms with Gasteiger partial charge in [0.1, 0.15) is 11.8 Å². The molecule has 2 amide bonds. The second-order valence-electron chi connectivity index (χ2n) is 5.43. The Morgan fingerprint density at radius 1 is 1.17 bits per heavy atom. The first-order valence-corrected chi connectivity index (χ1v) is 8.03. The van der Waals surface area contributed by atoms with Gasteiger partial charge in [0.15, 0.2) is 6.61 Å². The third-order valence-corrected chi connectivity index (χ3v) is 4.08. The molecule has 24 heavy (non-hydrogen) atoms. The molecule has 5 nitrogen and oxygen atoms in total. The Morgan fingerprint density at radius 2 is 1.88 bits per heavy atom. The highest BCUT2D eigenvalue weighted by Crippen LogP contribution is 2.25. The zero-order valence-corrected chi connectivity index (χ0v) is 13.7. The maximum absolute atomic E-state index is 12.6. The van der Waals surface area contributed by atoms with Gasteiger partial charge in [0, 0.05) is 18.1 Å². The van der Waals surface area contributed by atoms with Gasteiger partial charge < -0.3 is 15.0 Å². The number of piperazine rings is 1. The number of rotatable bonds is 4. The van der Waals surface area contributed by atoms with Crippen LogP contribution in [-0.2, 0) is 9.59 Å². The van der Waals surface area contributed by atoms with Crippen molar-refractivity contribution >= 4 is 23.4 Å². The molecule has 0 spiro atoms. The topological polar surface area (TPSA) is 58.6 Å². The van der Waals surface area contributed by atoms with Crippen LogP contribution in [-0.4, -0.2) is 36.4 Å². The van der Waals surface area contributed by atoms with Gasteiger partial charge in [-0.05, 0) is 29.8 Å². The van der Waals surface area contributed by atoms with Crippen LogP contribution >= 0.6 is 11.6 Å². The van der Waals surface area contributed by atoms with E-state index in [-0.39, 0.29) is 18.4 Å². The van der Waals surface area contributed by atoms with Crippen molar-refractivity contribution < 1.29 is 14.3 Å². The molecule has 1 atom stereocenters. The minimum absolute atomic E-state index is 0.110. The van der Waals surface area contributed by atoms with Gasteiger partial charge in [-0.15, -0.1) is 0 Å². The molecule has 1 aliphatic rings. The molecule has 0 radical (unpaired) electrons. The minimum atomic E-state index is -0.664. The molecule has 0 bridgehead atoms. The number of benzene rings is 2. The molecule has 1 unspecified atom stereocenters. The van der Waals surface area contributed by atoms with E-state index in [1.165, 1.54) is 0 Å². The lowest BCUT2D eigenvalue weighted by Crippen LogP contribution is -2.53. The van der Waals surface area contributed by atoms with E-state index in [9.17, 15) is 9.59 Å². The highest BCUT2D eigenvalue weighted by molar-refractivity contribution is 6.30. The van der Waals surface area contributed by atoms with Crippen molar-refractivity contribution in [3.05, 3.63) is 65.2 Å². The number of para-hydroxylation sites is 1. The van der Waals surface area contributed by atoms with Crippen LogP contribution in [0.25, 0.3) is 0 Å². The maximum Gasteiger partial charge on any atom is 0.261 e. The molecule has 6 heteroatoms. The Kier molecular flexibility index (Phi) is 5.01. The zero-order chi connectivity index (χ0) is 16.9. The van der Waals surface area contributed by atoms with E-state index in [1.807, 2.05) is 18.2 Å². The molecule has 1 N–H and O–H groups in total. The van der Waals surface area contributed by atoms with E-state index in [0.29, 0.717) is 23.9 Å². The van der Waals surface area contributed by atoms with Gasteiger partial charge in [-0.2, -0.15) is 0 Å². The first-order chi connectivity index (χ1) is 11.6.